The van der Waals surface area contributed by atoms with Gasteiger partial charge in [0.25, 0.3) is 5.22 Å². The third-order valence-corrected chi connectivity index (χ3v) is 6.03. The van der Waals surface area contributed by atoms with Gasteiger partial charge in [-0.1, -0.05) is 23.4 Å². The van der Waals surface area contributed by atoms with E-state index < -0.39 is 0 Å². The Bertz CT molecular complexity index is 892. The van der Waals surface area contributed by atoms with Gasteiger partial charge in [-0.2, -0.15) is 0 Å². The lowest BCUT2D eigenvalue weighted by Crippen LogP contribution is -2.49. The van der Waals surface area contributed by atoms with E-state index in [9.17, 15) is 4.79 Å². The highest BCUT2D eigenvalue weighted by Gasteiger charge is 2.23. The second kappa shape index (κ2) is 8.28. The number of rotatable bonds is 5. The molecule has 0 spiro atoms. The maximum absolute atomic E-state index is 12.4. The zero-order valence-electron chi connectivity index (χ0n) is 14.2. The summed E-state index contributed by atoms with van der Waals surface area (Å²) in [7, 11) is 0. The first-order valence-electron chi connectivity index (χ1n) is 8.33. The van der Waals surface area contributed by atoms with E-state index in [1.807, 2.05) is 22.4 Å². The highest BCUT2D eigenvalue weighted by Crippen LogP contribution is 2.25. The fraction of sp³-hybridized carbons (Fsp3) is 0.294. The standard InChI is InChI=1S/C17H16ClN5O2S2/c18-13-3-1-12(2-4-13)15-20-21-17(25-15)27-11-14(24)22-6-8-23(9-7-22)16-19-5-10-26-16/h1-5,10H,6-9,11H2. The molecule has 3 heterocycles. The van der Waals surface area contributed by atoms with Crippen LogP contribution in [0.1, 0.15) is 0 Å². The van der Waals surface area contributed by atoms with E-state index in [4.69, 9.17) is 16.0 Å². The first-order valence-corrected chi connectivity index (χ1v) is 10.6. The minimum atomic E-state index is 0.0741. The Labute approximate surface area is 169 Å². The topological polar surface area (TPSA) is 75.4 Å². The maximum Gasteiger partial charge on any atom is 0.277 e. The number of carbonyl (C=O) groups excluding carboxylic acids is 1. The van der Waals surface area contributed by atoms with Crippen molar-refractivity contribution in [2.45, 2.75) is 5.22 Å². The molecule has 10 heteroatoms. The number of aromatic nitrogens is 3. The lowest BCUT2D eigenvalue weighted by atomic mass is 10.2. The SMILES string of the molecule is O=C(CSc1nnc(-c2ccc(Cl)cc2)o1)N1CCN(c2nccs2)CC1. The number of amides is 1. The van der Waals surface area contributed by atoms with Gasteiger partial charge >= 0.3 is 0 Å². The Balaban J connectivity index is 1.28. The van der Waals surface area contributed by atoms with Crippen molar-refractivity contribution in [2.24, 2.45) is 0 Å². The van der Waals surface area contributed by atoms with Gasteiger partial charge in [-0.25, -0.2) is 4.98 Å². The number of halogens is 1. The number of hydrogen-bond acceptors (Lipinski definition) is 8. The van der Waals surface area contributed by atoms with Gasteiger partial charge in [0.2, 0.25) is 11.8 Å². The first-order chi connectivity index (χ1) is 13.2. The molecule has 0 aliphatic carbocycles. The van der Waals surface area contributed by atoms with Crippen LogP contribution in [0, 0.1) is 0 Å². The molecule has 1 amide bonds. The van der Waals surface area contributed by atoms with E-state index in [0.717, 1.165) is 23.8 Å². The van der Waals surface area contributed by atoms with Crippen LogP contribution in [-0.4, -0.2) is 57.9 Å². The molecule has 0 N–H and O–H groups in total. The number of anilines is 1. The van der Waals surface area contributed by atoms with E-state index in [2.05, 4.69) is 20.1 Å². The number of thioether (sulfide) groups is 1. The normalized spacial score (nSPS) is 14.6. The van der Waals surface area contributed by atoms with Crippen LogP contribution in [0.4, 0.5) is 5.13 Å². The molecular formula is C17H16ClN5O2S2. The summed E-state index contributed by atoms with van der Waals surface area (Å²) in [4.78, 5) is 20.8. The van der Waals surface area contributed by atoms with Crippen LogP contribution >= 0.6 is 34.7 Å². The summed E-state index contributed by atoms with van der Waals surface area (Å²) in [6.07, 6.45) is 1.80. The smallest absolute Gasteiger partial charge is 0.277 e. The Morgan fingerprint density at radius 1 is 1.19 bits per heavy atom. The van der Waals surface area contributed by atoms with Crippen LogP contribution in [-0.2, 0) is 4.79 Å². The fourth-order valence-electron chi connectivity index (χ4n) is 2.71. The van der Waals surface area contributed by atoms with Crippen molar-refractivity contribution in [2.75, 3.05) is 36.8 Å². The molecule has 1 fully saturated rings. The quantitative estimate of drug-likeness (QED) is 0.585. The number of benzene rings is 1. The van der Waals surface area contributed by atoms with Crippen LogP contribution in [0.15, 0.2) is 45.5 Å². The van der Waals surface area contributed by atoms with Gasteiger partial charge in [-0.3, -0.25) is 4.79 Å². The van der Waals surface area contributed by atoms with E-state index in [1.165, 1.54) is 11.8 Å². The second-order valence-electron chi connectivity index (χ2n) is 5.85. The Morgan fingerprint density at radius 2 is 1.96 bits per heavy atom. The monoisotopic (exact) mass is 421 g/mol. The molecule has 0 saturated carbocycles. The summed E-state index contributed by atoms with van der Waals surface area (Å²) >= 11 is 8.76. The van der Waals surface area contributed by atoms with Crippen LogP contribution < -0.4 is 4.90 Å². The number of carbonyl (C=O) groups is 1. The lowest BCUT2D eigenvalue weighted by molar-refractivity contribution is -0.128. The summed E-state index contributed by atoms with van der Waals surface area (Å²) in [5.41, 5.74) is 0.795. The van der Waals surface area contributed by atoms with Crippen LogP contribution in [0.2, 0.25) is 5.02 Å². The van der Waals surface area contributed by atoms with Gasteiger partial charge in [0.05, 0.1) is 5.75 Å². The van der Waals surface area contributed by atoms with Gasteiger partial charge in [0, 0.05) is 48.3 Å². The molecule has 0 unspecified atom stereocenters. The third kappa shape index (κ3) is 4.42. The largest absolute Gasteiger partial charge is 0.411 e. The van der Waals surface area contributed by atoms with E-state index in [0.29, 0.717) is 29.2 Å². The summed E-state index contributed by atoms with van der Waals surface area (Å²) < 4.78 is 5.63. The molecule has 0 atom stereocenters. The summed E-state index contributed by atoms with van der Waals surface area (Å²) in [5.74, 6) is 0.767. The van der Waals surface area contributed by atoms with Gasteiger partial charge < -0.3 is 14.2 Å². The molecule has 1 saturated heterocycles. The molecule has 2 aromatic heterocycles. The summed E-state index contributed by atoms with van der Waals surface area (Å²) in [5, 5.41) is 12.0. The van der Waals surface area contributed by atoms with Gasteiger partial charge in [0.1, 0.15) is 0 Å². The Hall–Kier alpha value is -2.10. The van der Waals surface area contributed by atoms with E-state index in [-0.39, 0.29) is 11.7 Å². The molecular weight excluding hydrogens is 406 g/mol. The first kappa shape index (κ1) is 18.3. The van der Waals surface area contributed by atoms with Crippen molar-refractivity contribution in [3.05, 3.63) is 40.9 Å². The number of hydrogen-bond donors (Lipinski definition) is 0. The van der Waals surface area contributed by atoms with Crippen molar-refractivity contribution in [3.8, 4) is 11.5 Å². The minimum Gasteiger partial charge on any atom is -0.411 e. The predicted molar refractivity (Wildman–Crippen MR) is 106 cm³/mol. The van der Waals surface area contributed by atoms with Crippen molar-refractivity contribution >= 4 is 45.7 Å². The number of piperazine rings is 1. The van der Waals surface area contributed by atoms with Gasteiger partial charge in [-0.05, 0) is 24.3 Å². The third-order valence-electron chi connectivity index (χ3n) is 4.14. The van der Waals surface area contributed by atoms with Crippen LogP contribution in [0.25, 0.3) is 11.5 Å². The molecule has 0 radical (unpaired) electrons. The number of thiazole rings is 1. The maximum atomic E-state index is 12.4. The molecule has 27 heavy (non-hydrogen) atoms. The highest BCUT2D eigenvalue weighted by atomic mass is 35.5. The minimum absolute atomic E-state index is 0.0741. The van der Waals surface area contributed by atoms with E-state index in [1.54, 1.807) is 29.7 Å². The van der Waals surface area contributed by atoms with Crippen molar-refractivity contribution in [1.29, 1.82) is 0 Å². The molecule has 140 valence electrons. The zero-order valence-corrected chi connectivity index (χ0v) is 16.6. The fourth-order valence-corrected chi connectivity index (χ4v) is 4.20. The molecule has 3 aromatic rings. The molecule has 1 aromatic carbocycles. The molecule has 4 rings (SSSR count). The summed E-state index contributed by atoms with van der Waals surface area (Å²) in [6, 6.07) is 7.17. The summed E-state index contributed by atoms with van der Waals surface area (Å²) in [6.45, 7) is 2.98. The highest BCUT2D eigenvalue weighted by molar-refractivity contribution is 7.99. The molecule has 1 aliphatic heterocycles. The Kier molecular flexibility index (Phi) is 5.61. The van der Waals surface area contributed by atoms with Gasteiger partial charge in [-0.15, -0.1) is 21.5 Å². The van der Waals surface area contributed by atoms with Gasteiger partial charge in [0.15, 0.2) is 5.13 Å². The zero-order chi connectivity index (χ0) is 18.6. The molecule has 1 aliphatic rings. The predicted octanol–water partition coefficient (Wildman–Crippen LogP) is 3.29. The van der Waals surface area contributed by atoms with Crippen molar-refractivity contribution < 1.29 is 9.21 Å². The number of nitrogens with zero attached hydrogens (tertiary/aromatic N) is 5. The average Bonchev–Trinajstić information content (AvgIpc) is 3.39. The lowest BCUT2D eigenvalue weighted by Gasteiger charge is -2.34. The Morgan fingerprint density at radius 3 is 2.67 bits per heavy atom. The molecule has 7 nitrogen and oxygen atoms in total. The van der Waals surface area contributed by atoms with Crippen molar-refractivity contribution in [1.82, 2.24) is 20.1 Å². The second-order valence-corrected chi connectivity index (χ2v) is 8.09. The van der Waals surface area contributed by atoms with Crippen LogP contribution in [0.3, 0.4) is 0 Å². The van der Waals surface area contributed by atoms with Crippen molar-refractivity contribution in [3.63, 3.8) is 0 Å². The van der Waals surface area contributed by atoms with E-state index >= 15 is 0 Å². The average molecular weight is 422 g/mol. The van der Waals surface area contributed by atoms with Crippen LogP contribution in [0.5, 0.6) is 0 Å². The molecule has 0 bridgehead atoms.